The van der Waals surface area contributed by atoms with Gasteiger partial charge >= 0.3 is 0 Å². The van der Waals surface area contributed by atoms with Gasteiger partial charge in [-0.1, -0.05) is 23.7 Å². The van der Waals surface area contributed by atoms with E-state index in [-0.39, 0.29) is 18.0 Å². The van der Waals surface area contributed by atoms with Gasteiger partial charge in [-0.3, -0.25) is 9.59 Å². The van der Waals surface area contributed by atoms with Crippen LogP contribution < -0.4 is 20.1 Å². The van der Waals surface area contributed by atoms with E-state index in [4.69, 9.17) is 21.1 Å². The number of benzene rings is 2. The lowest BCUT2D eigenvalue weighted by Crippen LogP contribution is -2.38. The molecule has 27 heavy (non-hydrogen) atoms. The predicted octanol–water partition coefficient (Wildman–Crippen LogP) is 2.34. The van der Waals surface area contributed by atoms with Crippen LogP contribution in [0.2, 0.25) is 5.02 Å². The molecule has 1 heterocycles. The fraction of sp³-hybridized carbons (Fsp3) is 0.263. The van der Waals surface area contributed by atoms with Crippen molar-refractivity contribution in [2.75, 3.05) is 26.3 Å². The Hall–Kier alpha value is -2.80. The first-order chi connectivity index (χ1) is 13.0. The highest BCUT2D eigenvalue weighted by Gasteiger charge is 2.17. The van der Waals surface area contributed by atoms with Crippen molar-refractivity contribution < 1.29 is 23.5 Å². The molecule has 1 aliphatic rings. The van der Waals surface area contributed by atoms with Crippen LogP contribution in [0.3, 0.4) is 0 Å². The maximum atomic E-state index is 13.5. The molecular weight excluding hydrogens is 375 g/mol. The summed E-state index contributed by atoms with van der Waals surface area (Å²) in [5, 5.41) is 5.54. The van der Waals surface area contributed by atoms with Crippen LogP contribution in [-0.2, 0) is 11.2 Å². The second kappa shape index (κ2) is 8.73. The van der Waals surface area contributed by atoms with Crippen LogP contribution >= 0.6 is 11.6 Å². The van der Waals surface area contributed by atoms with Gasteiger partial charge in [-0.25, -0.2) is 4.39 Å². The van der Waals surface area contributed by atoms with E-state index < -0.39 is 11.7 Å². The number of amides is 2. The third kappa shape index (κ3) is 4.89. The number of carbonyl (C=O) groups excluding carboxylic acids is 2. The summed E-state index contributed by atoms with van der Waals surface area (Å²) in [6.45, 7) is 1.03. The minimum Gasteiger partial charge on any atom is -0.486 e. The Balaban J connectivity index is 1.45. The first-order valence-corrected chi connectivity index (χ1v) is 8.80. The summed E-state index contributed by atoms with van der Waals surface area (Å²) in [5.41, 5.74) is 0.788. The average molecular weight is 393 g/mol. The second-order valence-corrected chi connectivity index (χ2v) is 6.27. The molecule has 2 aromatic rings. The molecule has 0 bridgehead atoms. The largest absolute Gasteiger partial charge is 0.486 e. The highest BCUT2D eigenvalue weighted by atomic mass is 35.5. The molecule has 142 valence electrons. The smallest absolute Gasteiger partial charge is 0.254 e. The van der Waals surface area contributed by atoms with Gasteiger partial charge in [-0.2, -0.15) is 0 Å². The SMILES string of the molecule is O=C(CNC(=O)c1ccccc1F)NCCc1cc(Cl)c2c(c1)OCCO2. The standard InChI is InChI=1S/C19H18ClFN2O4/c20-14-9-12(10-16-18(14)27-8-7-26-16)5-6-22-17(24)11-23-19(25)13-3-1-2-4-15(13)21/h1-4,9-10H,5-8,11H2,(H,22,24)(H,23,25). The van der Waals surface area contributed by atoms with Crippen molar-refractivity contribution in [1.82, 2.24) is 10.6 Å². The van der Waals surface area contributed by atoms with Crippen LogP contribution in [0.5, 0.6) is 11.5 Å². The number of fused-ring (bicyclic) bond motifs is 1. The van der Waals surface area contributed by atoms with Crippen molar-refractivity contribution in [2.24, 2.45) is 0 Å². The fourth-order valence-corrected chi connectivity index (χ4v) is 2.91. The summed E-state index contributed by atoms with van der Waals surface area (Å²) >= 11 is 6.17. The number of halogens is 2. The van der Waals surface area contributed by atoms with E-state index in [2.05, 4.69) is 10.6 Å². The highest BCUT2D eigenvalue weighted by Crippen LogP contribution is 2.38. The maximum absolute atomic E-state index is 13.5. The summed E-state index contributed by atoms with van der Waals surface area (Å²) in [6, 6.07) is 9.18. The Morgan fingerprint density at radius 1 is 1.11 bits per heavy atom. The number of hydrogen-bond donors (Lipinski definition) is 2. The summed E-state index contributed by atoms with van der Waals surface area (Å²) in [7, 11) is 0. The first-order valence-electron chi connectivity index (χ1n) is 8.42. The van der Waals surface area contributed by atoms with Gasteiger partial charge < -0.3 is 20.1 Å². The number of nitrogens with one attached hydrogen (secondary N) is 2. The van der Waals surface area contributed by atoms with Crippen molar-refractivity contribution in [2.45, 2.75) is 6.42 Å². The van der Waals surface area contributed by atoms with E-state index in [1.54, 1.807) is 12.1 Å². The monoisotopic (exact) mass is 392 g/mol. The molecular formula is C19H18ClFN2O4. The molecule has 0 fully saturated rings. The van der Waals surface area contributed by atoms with Crippen LogP contribution in [0, 0.1) is 5.82 Å². The zero-order chi connectivity index (χ0) is 19.2. The Morgan fingerprint density at radius 2 is 1.89 bits per heavy atom. The Bertz CT molecular complexity index is 860. The van der Waals surface area contributed by atoms with Gasteiger partial charge in [-0.15, -0.1) is 0 Å². The highest BCUT2D eigenvalue weighted by molar-refractivity contribution is 6.32. The molecule has 8 heteroatoms. The molecule has 0 spiro atoms. The molecule has 2 amide bonds. The Labute approximate surface area is 160 Å². The van der Waals surface area contributed by atoms with Crippen LogP contribution in [0.4, 0.5) is 4.39 Å². The van der Waals surface area contributed by atoms with E-state index in [1.807, 2.05) is 6.07 Å². The van der Waals surface area contributed by atoms with E-state index in [0.29, 0.717) is 42.7 Å². The molecule has 2 N–H and O–H groups in total. The van der Waals surface area contributed by atoms with Gasteiger partial charge in [0.2, 0.25) is 5.91 Å². The minimum absolute atomic E-state index is 0.101. The van der Waals surface area contributed by atoms with E-state index in [0.717, 1.165) is 5.56 Å². The zero-order valence-corrected chi connectivity index (χ0v) is 15.1. The molecule has 0 unspecified atom stereocenters. The average Bonchev–Trinajstić information content (AvgIpc) is 2.66. The minimum atomic E-state index is -0.637. The van der Waals surface area contributed by atoms with Gasteiger partial charge in [0.05, 0.1) is 17.1 Å². The second-order valence-electron chi connectivity index (χ2n) is 5.86. The molecule has 0 aliphatic carbocycles. The van der Waals surface area contributed by atoms with Gasteiger partial charge in [0, 0.05) is 6.54 Å². The van der Waals surface area contributed by atoms with E-state index in [1.165, 1.54) is 18.2 Å². The molecule has 1 aliphatic heterocycles. The van der Waals surface area contributed by atoms with Crippen LogP contribution in [-0.4, -0.2) is 38.1 Å². The third-order valence-corrected chi connectivity index (χ3v) is 4.20. The molecule has 0 aromatic heterocycles. The van der Waals surface area contributed by atoms with Crippen LogP contribution in [0.15, 0.2) is 36.4 Å². The van der Waals surface area contributed by atoms with E-state index >= 15 is 0 Å². The number of rotatable bonds is 6. The van der Waals surface area contributed by atoms with Crippen molar-refractivity contribution in [3.8, 4) is 11.5 Å². The molecule has 0 saturated heterocycles. The normalized spacial score (nSPS) is 12.4. The van der Waals surface area contributed by atoms with Crippen molar-refractivity contribution in [3.05, 3.63) is 58.4 Å². The van der Waals surface area contributed by atoms with Gasteiger partial charge in [-0.05, 0) is 36.2 Å². The summed E-state index contributed by atoms with van der Waals surface area (Å²) in [5.74, 6) is -0.519. The van der Waals surface area contributed by atoms with Crippen molar-refractivity contribution in [3.63, 3.8) is 0 Å². The number of ether oxygens (including phenoxy) is 2. The molecule has 3 rings (SSSR count). The first kappa shape index (κ1) is 19.0. The zero-order valence-electron chi connectivity index (χ0n) is 14.4. The summed E-state index contributed by atoms with van der Waals surface area (Å²) < 4.78 is 24.5. The van der Waals surface area contributed by atoms with E-state index in [9.17, 15) is 14.0 Å². The lowest BCUT2D eigenvalue weighted by atomic mass is 10.1. The molecule has 6 nitrogen and oxygen atoms in total. The maximum Gasteiger partial charge on any atom is 0.254 e. The number of carbonyl (C=O) groups is 2. The van der Waals surface area contributed by atoms with Crippen molar-refractivity contribution >= 4 is 23.4 Å². The molecule has 0 saturated carbocycles. The lowest BCUT2D eigenvalue weighted by molar-refractivity contribution is -0.120. The van der Waals surface area contributed by atoms with Gasteiger partial charge in [0.1, 0.15) is 19.0 Å². The summed E-state index contributed by atoms with van der Waals surface area (Å²) in [6.07, 6.45) is 0.531. The third-order valence-electron chi connectivity index (χ3n) is 3.92. The van der Waals surface area contributed by atoms with Crippen LogP contribution in [0.25, 0.3) is 0 Å². The molecule has 0 atom stereocenters. The van der Waals surface area contributed by atoms with Crippen LogP contribution in [0.1, 0.15) is 15.9 Å². The fourth-order valence-electron chi connectivity index (χ4n) is 2.62. The number of hydrogen-bond acceptors (Lipinski definition) is 4. The Kier molecular flexibility index (Phi) is 6.13. The van der Waals surface area contributed by atoms with Gasteiger partial charge in [0.15, 0.2) is 11.5 Å². The predicted molar refractivity (Wildman–Crippen MR) is 97.9 cm³/mol. The van der Waals surface area contributed by atoms with Gasteiger partial charge in [0.25, 0.3) is 5.91 Å². The lowest BCUT2D eigenvalue weighted by Gasteiger charge is -2.20. The summed E-state index contributed by atoms with van der Waals surface area (Å²) in [4.78, 5) is 23.7. The Morgan fingerprint density at radius 3 is 2.70 bits per heavy atom. The molecule has 2 aromatic carbocycles. The molecule has 0 radical (unpaired) electrons. The van der Waals surface area contributed by atoms with Crippen molar-refractivity contribution in [1.29, 1.82) is 0 Å². The quantitative estimate of drug-likeness (QED) is 0.791. The topological polar surface area (TPSA) is 76.7 Å².